The number of thiazole rings is 1. The summed E-state index contributed by atoms with van der Waals surface area (Å²) >= 11 is 1.35. The first-order valence-electron chi connectivity index (χ1n) is 9.99. The van der Waals surface area contributed by atoms with E-state index in [0.717, 1.165) is 42.7 Å². The van der Waals surface area contributed by atoms with Gasteiger partial charge in [-0.15, -0.1) is 11.3 Å². The molecule has 0 radical (unpaired) electrons. The van der Waals surface area contributed by atoms with Crippen molar-refractivity contribution in [3.05, 3.63) is 40.9 Å². The van der Waals surface area contributed by atoms with Crippen molar-refractivity contribution in [2.45, 2.75) is 44.4 Å². The molecule has 1 heterocycles. The SMILES string of the molecule is O=C(O)c1csc(-c2cccc(C3C4CCC5CCC(C(=O)O)(C4)CC53)c2)n1. The largest absolute Gasteiger partial charge is 0.481 e. The molecule has 2 aromatic rings. The third-order valence-electron chi connectivity index (χ3n) is 7.45. The van der Waals surface area contributed by atoms with Crippen LogP contribution in [0.15, 0.2) is 29.6 Å². The van der Waals surface area contributed by atoms with Gasteiger partial charge in [0.05, 0.1) is 5.41 Å². The van der Waals surface area contributed by atoms with Crippen LogP contribution in [-0.4, -0.2) is 27.1 Å². The number of fused-ring (bicyclic) bond motifs is 2. The van der Waals surface area contributed by atoms with Crippen molar-refractivity contribution in [1.82, 2.24) is 4.98 Å². The number of aromatic nitrogens is 1. The van der Waals surface area contributed by atoms with Gasteiger partial charge in [-0.25, -0.2) is 9.78 Å². The number of nitrogens with zero attached hydrogens (tertiary/aromatic N) is 1. The Bertz CT molecular complexity index is 950. The molecule has 3 fully saturated rings. The number of benzene rings is 1. The average molecular weight is 397 g/mol. The van der Waals surface area contributed by atoms with Crippen LogP contribution in [0, 0.1) is 23.2 Å². The molecule has 3 bridgehead atoms. The number of aromatic carboxylic acids is 1. The van der Waals surface area contributed by atoms with Crippen molar-refractivity contribution < 1.29 is 19.8 Å². The number of hydrogen-bond acceptors (Lipinski definition) is 4. The molecule has 3 aliphatic carbocycles. The summed E-state index contributed by atoms with van der Waals surface area (Å²) in [5, 5.41) is 21.4. The zero-order chi connectivity index (χ0) is 19.5. The summed E-state index contributed by atoms with van der Waals surface area (Å²) in [6, 6.07) is 8.34. The molecule has 6 heteroatoms. The van der Waals surface area contributed by atoms with Crippen LogP contribution in [0.25, 0.3) is 10.6 Å². The summed E-state index contributed by atoms with van der Waals surface area (Å²) in [7, 11) is 0. The standard InChI is InChI=1S/C22H23NO4S/c24-20(25)17-11-28-19(23-17)14-3-1-2-13(8-14)18-15-5-4-12-6-7-22(9-15,21(26)27)10-16(12)18/h1-3,8,11-12,15-16,18H,4-7,9-10H2,(H,24,25)(H,26,27). The highest BCUT2D eigenvalue weighted by atomic mass is 32.1. The topological polar surface area (TPSA) is 87.5 Å². The van der Waals surface area contributed by atoms with Gasteiger partial charge < -0.3 is 10.2 Å². The molecule has 3 aliphatic rings. The number of aliphatic carboxylic acids is 1. The van der Waals surface area contributed by atoms with Gasteiger partial charge in [0, 0.05) is 10.9 Å². The molecule has 5 atom stereocenters. The Morgan fingerprint density at radius 1 is 1.11 bits per heavy atom. The summed E-state index contributed by atoms with van der Waals surface area (Å²) < 4.78 is 0. The first-order valence-corrected chi connectivity index (χ1v) is 10.9. The van der Waals surface area contributed by atoms with E-state index in [2.05, 4.69) is 17.1 Å². The molecule has 2 N–H and O–H groups in total. The number of carbonyl (C=O) groups is 2. The second-order valence-electron chi connectivity index (χ2n) is 8.79. The zero-order valence-electron chi connectivity index (χ0n) is 15.5. The fourth-order valence-corrected chi connectivity index (χ4v) is 7.02. The Kier molecular flexibility index (Phi) is 4.09. The van der Waals surface area contributed by atoms with Crippen LogP contribution in [0.3, 0.4) is 0 Å². The van der Waals surface area contributed by atoms with E-state index in [1.807, 2.05) is 12.1 Å². The van der Waals surface area contributed by atoms with Gasteiger partial charge in [-0.3, -0.25) is 4.79 Å². The maximum Gasteiger partial charge on any atom is 0.355 e. The van der Waals surface area contributed by atoms with E-state index < -0.39 is 17.4 Å². The van der Waals surface area contributed by atoms with Crippen LogP contribution in [0.5, 0.6) is 0 Å². The number of hydrogen-bond donors (Lipinski definition) is 2. The molecule has 5 unspecified atom stereocenters. The fourth-order valence-electron chi connectivity index (χ4n) is 6.23. The molecule has 5 rings (SSSR count). The summed E-state index contributed by atoms with van der Waals surface area (Å²) in [4.78, 5) is 27.4. The van der Waals surface area contributed by atoms with E-state index in [1.54, 1.807) is 5.38 Å². The maximum absolute atomic E-state index is 12.0. The molecule has 3 saturated carbocycles. The van der Waals surface area contributed by atoms with Crippen molar-refractivity contribution in [3.8, 4) is 10.6 Å². The fraction of sp³-hybridized carbons (Fsp3) is 0.500. The molecule has 28 heavy (non-hydrogen) atoms. The van der Waals surface area contributed by atoms with Crippen LogP contribution in [0.1, 0.15) is 60.5 Å². The van der Waals surface area contributed by atoms with Gasteiger partial charge >= 0.3 is 11.9 Å². The third kappa shape index (κ3) is 2.69. The van der Waals surface area contributed by atoms with E-state index in [0.29, 0.717) is 23.7 Å². The van der Waals surface area contributed by atoms with E-state index in [4.69, 9.17) is 5.11 Å². The van der Waals surface area contributed by atoms with Gasteiger partial charge in [-0.05, 0) is 73.8 Å². The lowest BCUT2D eigenvalue weighted by Gasteiger charge is -2.57. The molecule has 1 aromatic carbocycles. The predicted octanol–water partition coefficient (Wildman–Crippen LogP) is 4.89. The monoisotopic (exact) mass is 397 g/mol. The Morgan fingerprint density at radius 3 is 2.68 bits per heavy atom. The van der Waals surface area contributed by atoms with E-state index in [-0.39, 0.29) is 5.69 Å². The summed E-state index contributed by atoms with van der Waals surface area (Å²) in [6.45, 7) is 0. The lowest BCUT2D eigenvalue weighted by atomic mass is 9.47. The van der Waals surface area contributed by atoms with Gasteiger partial charge in [-0.2, -0.15) is 0 Å². The van der Waals surface area contributed by atoms with Crippen molar-refractivity contribution in [1.29, 1.82) is 0 Å². The van der Waals surface area contributed by atoms with E-state index in [1.165, 1.54) is 23.3 Å². The van der Waals surface area contributed by atoms with Crippen molar-refractivity contribution in [3.63, 3.8) is 0 Å². The summed E-state index contributed by atoms with van der Waals surface area (Å²) in [6.07, 6.45) is 5.82. The Hall–Kier alpha value is -2.21. The normalized spacial score (nSPS) is 33.6. The van der Waals surface area contributed by atoms with Crippen LogP contribution >= 0.6 is 11.3 Å². The lowest BCUT2D eigenvalue weighted by molar-refractivity contribution is -0.162. The van der Waals surface area contributed by atoms with Gasteiger partial charge in [0.25, 0.3) is 0 Å². The van der Waals surface area contributed by atoms with Crippen LogP contribution in [0.4, 0.5) is 0 Å². The van der Waals surface area contributed by atoms with Crippen molar-refractivity contribution in [2.24, 2.45) is 23.2 Å². The summed E-state index contributed by atoms with van der Waals surface area (Å²) in [5.41, 5.74) is 1.80. The van der Waals surface area contributed by atoms with Gasteiger partial charge in [-0.1, -0.05) is 18.2 Å². The highest BCUT2D eigenvalue weighted by Crippen LogP contribution is 2.63. The first kappa shape index (κ1) is 17.9. The second-order valence-corrected chi connectivity index (χ2v) is 9.65. The van der Waals surface area contributed by atoms with Gasteiger partial charge in [0.2, 0.25) is 0 Å². The van der Waals surface area contributed by atoms with Crippen LogP contribution < -0.4 is 0 Å². The minimum atomic E-state index is -1.00. The van der Waals surface area contributed by atoms with Gasteiger partial charge in [0.1, 0.15) is 5.01 Å². The van der Waals surface area contributed by atoms with Crippen LogP contribution in [0.2, 0.25) is 0 Å². The highest BCUT2D eigenvalue weighted by Gasteiger charge is 2.57. The van der Waals surface area contributed by atoms with Crippen molar-refractivity contribution in [2.75, 3.05) is 0 Å². The van der Waals surface area contributed by atoms with E-state index >= 15 is 0 Å². The second kappa shape index (κ2) is 6.41. The molecule has 5 nitrogen and oxygen atoms in total. The average Bonchev–Trinajstić information content (AvgIpc) is 3.16. The molecule has 0 amide bonds. The van der Waals surface area contributed by atoms with Gasteiger partial charge in [0.15, 0.2) is 5.69 Å². The maximum atomic E-state index is 12.0. The minimum absolute atomic E-state index is 0.0839. The zero-order valence-corrected chi connectivity index (χ0v) is 16.3. The first-order chi connectivity index (χ1) is 13.5. The number of carboxylic acids is 2. The molecule has 0 spiro atoms. The Morgan fingerprint density at radius 2 is 1.93 bits per heavy atom. The van der Waals surface area contributed by atoms with Crippen LogP contribution in [-0.2, 0) is 4.79 Å². The lowest BCUT2D eigenvalue weighted by Crippen LogP contribution is -2.51. The Balaban J connectivity index is 1.50. The molecule has 1 aromatic heterocycles. The number of rotatable bonds is 4. The molecular formula is C22H23NO4S. The third-order valence-corrected chi connectivity index (χ3v) is 8.34. The smallest absolute Gasteiger partial charge is 0.355 e. The minimum Gasteiger partial charge on any atom is -0.481 e. The molecule has 146 valence electrons. The summed E-state index contributed by atoms with van der Waals surface area (Å²) in [5.74, 6) is 0.307. The Labute approximate surface area is 167 Å². The quantitative estimate of drug-likeness (QED) is 0.767. The molecular weight excluding hydrogens is 374 g/mol. The number of carboxylic acid groups (broad SMARTS) is 2. The highest BCUT2D eigenvalue weighted by molar-refractivity contribution is 7.13. The molecule has 0 saturated heterocycles. The molecule has 0 aliphatic heterocycles. The van der Waals surface area contributed by atoms with Crippen molar-refractivity contribution >= 4 is 23.3 Å². The predicted molar refractivity (Wildman–Crippen MR) is 105 cm³/mol. The van der Waals surface area contributed by atoms with E-state index in [9.17, 15) is 14.7 Å².